The van der Waals surface area contributed by atoms with Crippen LogP contribution in [0.5, 0.6) is 5.75 Å². The summed E-state index contributed by atoms with van der Waals surface area (Å²) in [7, 11) is 2.82. The molecule has 1 aromatic rings. The number of carbonyl (C=O) groups excluding carboxylic acids is 1. The molecule has 0 saturated heterocycles. The summed E-state index contributed by atoms with van der Waals surface area (Å²) >= 11 is 0. The van der Waals surface area contributed by atoms with Crippen molar-refractivity contribution >= 4 is 11.7 Å². The molecule has 1 aliphatic rings. The van der Waals surface area contributed by atoms with Gasteiger partial charge < -0.3 is 20.0 Å². The first-order valence-electron chi connectivity index (χ1n) is 6.18. The Balaban J connectivity index is 2.38. The molecular weight excluding hydrogens is 258 g/mol. The Morgan fingerprint density at radius 1 is 1.30 bits per heavy atom. The van der Waals surface area contributed by atoms with Crippen molar-refractivity contribution in [1.29, 1.82) is 5.41 Å². The van der Waals surface area contributed by atoms with Gasteiger partial charge in [0.25, 0.3) is 0 Å². The third kappa shape index (κ3) is 2.05. The Kier molecular flexibility index (Phi) is 3.53. The second-order valence-electron chi connectivity index (χ2n) is 4.93. The maximum atomic E-state index is 11.7. The molecule has 1 aromatic carbocycles. The number of aliphatic hydroxyl groups excluding tert-OH is 1. The smallest absolute Gasteiger partial charge is 0.343 e. The largest absolute Gasteiger partial charge is 0.511 e. The van der Waals surface area contributed by atoms with Gasteiger partial charge >= 0.3 is 5.97 Å². The van der Waals surface area contributed by atoms with E-state index in [9.17, 15) is 9.90 Å². The number of benzene rings is 1. The average Bonchev–Trinajstić information content (AvgIpc) is 2.69. The second kappa shape index (κ2) is 5.00. The summed E-state index contributed by atoms with van der Waals surface area (Å²) in [4.78, 5) is 11.7. The number of hydrogen-bond donors (Lipinski definition) is 2. The zero-order valence-electron chi connectivity index (χ0n) is 11.7. The number of methoxy groups -OCH3 is 2. The monoisotopic (exact) mass is 275 g/mol. The molecule has 0 bridgehead atoms. The van der Waals surface area contributed by atoms with Crippen LogP contribution in [0.1, 0.15) is 18.9 Å². The van der Waals surface area contributed by atoms with E-state index >= 15 is 0 Å². The number of rotatable bonds is 3. The van der Waals surface area contributed by atoms with Crippen molar-refractivity contribution in [3.05, 3.63) is 41.2 Å². The van der Waals surface area contributed by atoms with E-state index in [0.717, 1.165) is 5.56 Å². The third-order valence-corrected chi connectivity index (χ3v) is 3.73. The van der Waals surface area contributed by atoms with Crippen LogP contribution >= 0.6 is 0 Å². The number of aliphatic hydroxyl groups is 1. The molecule has 5 nitrogen and oxygen atoms in total. The summed E-state index contributed by atoms with van der Waals surface area (Å²) in [6.07, 6.45) is 0.211. The van der Waals surface area contributed by atoms with E-state index in [1.54, 1.807) is 19.2 Å². The minimum atomic E-state index is -0.736. The molecule has 0 aromatic heterocycles. The first-order chi connectivity index (χ1) is 9.43. The van der Waals surface area contributed by atoms with Crippen LogP contribution in [0.15, 0.2) is 35.6 Å². The quantitative estimate of drug-likeness (QED) is 0.830. The van der Waals surface area contributed by atoms with Crippen molar-refractivity contribution in [2.75, 3.05) is 14.2 Å². The highest BCUT2D eigenvalue weighted by molar-refractivity contribution is 6.24. The Labute approximate surface area is 117 Å². The zero-order chi connectivity index (χ0) is 14.9. The molecule has 0 fully saturated rings. The van der Waals surface area contributed by atoms with Gasteiger partial charge in [-0.2, -0.15) is 0 Å². The number of hydrogen-bond acceptors (Lipinski definition) is 5. The second-order valence-corrected chi connectivity index (χ2v) is 4.93. The van der Waals surface area contributed by atoms with Gasteiger partial charge in [0.05, 0.1) is 19.9 Å². The standard InChI is InChI=1S/C15H17NO4/c1-15(9-4-6-10(19-2)7-5-9)8-11(17)12(13(15)16)14(18)20-3/h4-7,16-17H,8H2,1-3H3. The molecule has 5 heteroatoms. The third-order valence-electron chi connectivity index (χ3n) is 3.73. The van der Waals surface area contributed by atoms with E-state index in [-0.39, 0.29) is 23.5 Å². The number of ether oxygens (including phenoxy) is 2. The van der Waals surface area contributed by atoms with Gasteiger partial charge in [-0.15, -0.1) is 0 Å². The van der Waals surface area contributed by atoms with E-state index in [1.165, 1.54) is 7.11 Å². The summed E-state index contributed by atoms with van der Waals surface area (Å²) in [5.41, 5.74) is 0.145. The normalized spacial score (nSPS) is 22.1. The fourth-order valence-electron chi connectivity index (χ4n) is 2.46. The molecule has 1 aliphatic carbocycles. The Hall–Kier alpha value is -2.30. The van der Waals surface area contributed by atoms with Crippen molar-refractivity contribution in [2.24, 2.45) is 0 Å². The topological polar surface area (TPSA) is 79.6 Å². The lowest BCUT2D eigenvalue weighted by Gasteiger charge is -2.25. The predicted octanol–water partition coefficient (Wildman–Crippen LogP) is 2.36. The van der Waals surface area contributed by atoms with Gasteiger partial charge in [0.1, 0.15) is 17.1 Å². The first-order valence-corrected chi connectivity index (χ1v) is 6.18. The molecular formula is C15H17NO4. The Morgan fingerprint density at radius 3 is 2.40 bits per heavy atom. The molecule has 0 spiro atoms. The highest BCUT2D eigenvalue weighted by Gasteiger charge is 2.44. The highest BCUT2D eigenvalue weighted by atomic mass is 16.5. The van der Waals surface area contributed by atoms with Crippen LogP contribution in [0.2, 0.25) is 0 Å². The molecule has 2 rings (SSSR count). The molecule has 106 valence electrons. The van der Waals surface area contributed by atoms with Gasteiger partial charge in [0, 0.05) is 11.8 Å². The van der Waals surface area contributed by atoms with Crippen molar-refractivity contribution in [2.45, 2.75) is 18.8 Å². The van der Waals surface area contributed by atoms with Crippen molar-refractivity contribution in [3.63, 3.8) is 0 Å². The fraction of sp³-hybridized carbons (Fsp3) is 0.333. The number of nitrogens with one attached hydrogen (secondary N) is 1. The summed E-state index contributed by atoms with van der Waals surface area (Å²) in [5.74, 6) is -0.0582. The molecule has 1 unspecified atom stereocenters. The number of allylic oxidation sites excluding steroid dienone is 1. The number of carbonyl (C=O) groups is 1. The minimum Gasteiger partial charge on any atom is -0.511 e. The van der Waals surface area contributed by atoms with Crippen molar-refractivity contribution in [3.8, 4) is 5.75 Å². The lowest BCUT2D eigenvalue weighted by atomic mass is 9.78. The van der Waals surface area contributed by atoms with Crippen LogP contribution in [0.4, 0.5) is 0 Å². The van der Waals surface area contributed by atoms with E-state index in [2.05, 4.69) is 4.74 Å². The molecule has 20 heavy (non-hydrogen) atoms. The lowest BCUT2D eigenvalue weighted by Crippen LogP contribution is -2.30. The SMILES string of the molecule is COC(=O)C1=C(O)CC(C)(c2ccc(OC)cc2)C1=N. The average molecular weight is 275 g/mol. The van der Waals surface area contributed by atoms with Gasteiger partial charge in [-0.3, -0.25) is 0 Å². The van der Waals surface area contributed by atoms with Crippen molar-refractivity contribution < 1.29 is 19.4 Å². The molecule has 2 N–H and O–H groups in total. The van der Waals surface area contributed by atoms with Crippen LogP contribution < -0.4 is 4.74 Å². The van der Waals surface area contributed by atoms with Gasteiger partial charge in [-0.05, 0) is 24.6 Å². The minimum absolute atomic E-state index is 0.0363. The van der Waals surface area contributed by atoms with Crippen LogP contribution in [-0.4, -0.2) is 31.0 Å². The Bertz CT molecular complexity index is 588. The molecule has 0 saturated carbocycles. The number of esters is 1. The summed E-state index contributed by atoms with van der Waals surface area (Å²) in [6, 6.07) is 7.25. The van der Waals surface area contributed by atoms with E-state index < -0.39 is 11.4 Å². The fourth-order valence-corrected chi connectivity index (χ4v) is 2.46. The van der Waals surface area contributed by atoms with E-state index in [1.807, 2.05) is 19.1 Å². The summed E-state index contributed by atoms with van der Waals surface area (Å²) in [5, 5.41) is 18.2. The molecule has 0 radical (unpaired) electrons. The molecule has 0 aliphatic heterocycles. The predicted molar refractivity (Wildman–Crippen MR) is 74.4 cm³/mol. The van der Waals surface area contributed by atoms with Crippen LogP contribution in [0.3, 0.4) is 0 Å². The van der Waals surface area contributed by atoms with E-state index in [4.69, 9.17) is 10.1 Å². The van der Waals surface area contributed by atoms with Gasteiger partial charge in [-0.25, -0.2) is 4.79 Å². The van der Waals surface area contributed by atoms with Gasteiger partial charge in [-0.1, -0.05) is 12.1 Å². The molecule has 0 heterocycles. The summed E-state index contributed by atoms with van der Waals surface area (Å²) < 4.78 is 9.72. The maximum Gasteiger partial charge on any atom is 0.343 e. The molecule has 1 atom stereocenters. The summed E-state index contributed by atoms with van der Waals surface area (Å²) in [6.45, 7) is 1.82. The molecule has 0 amide bonds. The van der Waals surface area contributed by atoms with Crippen LogP contribution in [-0.2, 0) is 14.9 Å². The first kappa shape index (κ1) is 14.1. The van der Waals surface area contributed by atoms with Crippen molar-refractivity contribution in [1.82, 2.24) is 0 Å². The zero-order valence-corrected chi connectivity index (χ0v) is 11.7. The lowest BCUT2D eigenvalue weighted by molar-refractivity contribution is -0.135. The Morgan fingerprint density at radius 2 is 1.90 bits per heavy atom. The van der Waals surface area contributed by atoms with E-state index in [0.29, 0.717) is 5.75 Å². The van der Waals surface area contributed by atoms with Gasteiger partial charge in [0.15, 0.2) is 0 Å². The van der Waals surface area contributed by atoms with Crippen LogP contribution in [0.25, 0.3) is 0 Å². The van der Waals surface area contributed by atoms with Crippen LogP contribution in [0, 0.1) is 5.41 Å². The van der Waals surface area contributed by atoms with Gasteiger partial charge in [0.2, 0.25) is 0 Å². The maximum absolute atomic E-state index is 11.7. The highest BCUT2D eigenvalue weighted by Crippen LogP contribution is 2.41.